The SMILES string of the molecule is CCNC(Cc1ccnc(N)c1)C(OC)C1CCCCC1. The molecule has 2 unspecified atom stereocenters. The van der Waals surface area contributed by atoms with Crippen LogP contribution < -0.4 is 11.1 Å². The van der Waals surface area contributed by atoms with Crippen LogP contribution in [0.25, 0.3) is 0 Å². The van der Waals surface area contributed by atoms with E-state index >= 15 is 0 Å². The lowest BCUT2D eigenvalue weighted by Crippen LogP contribution is -2.47. The monoisotopic (exact) mass is 291 g/mol. The first-order valence-corrected chi connectivity index (χ1v) is 8.21. The van der Waals surface area contributed by atoms with E-state index in [-0.39, 0.29) is 6.10 Å². The number of hydrogen-bond donors (Lipinski definition) is 2. The average molecular weight is 291 g/mol. The van der Waals surface area contributed by atoms with Gasteiger partial charge in [0.05, 0.1) is 6.10 Å². The second-order valence-electron chi connectivity index (χ2n) is 6.06. The van der Waals surface area contributed by atoms with Crippen molar-refractivity contribution >= 4 is 5.82 Å². The smallest absolute Gasteiger partial charge is 0.123 e. The van der Waals surface area contributed by atoms with E-state index in [1.807, 2.05) is 19.2 Å². The van der Waals surface area contributed by atoms with Gasteiger partial charge in [-0.05, 0) is 49.4 Å². The summed E-state index contributed by atoms with van der Waals surface area (Å²) in [7, 11) is 1.85. The van der Waals surface area contributed by atoms with Crippen molar-refractivity contribution in [1.82, 2.24) is 10.3 Å². The fraction of sp³-hybridized carbons (Fsp3) is 0.706. The maximum absolute atomic E-state index is 5.90. The number of anilines is 1. The zero-order chi connectivity index (χ0) is 15.1. The van der Waals surface area contributed by atoms with Crippen molar-refractivity contribution in [3.63, 3.8) is 0 Å². The normalized spacial score (nSPS) is 19.3. The number of aromatic nitrogens is 1. The molecule has 0 radical (unpaired) electrons. The van der Waals surface area contributed by atoms with Gasteiger partial charge >= 0.3 is 0 Å². The Bertz CT molecular complexity index is 418. The van der Waals surface area contributed by atoms with E-state index < -0.39 is 0 Å². The molecular formula is C17H29N3O. The van der Waals surface area contributed by atoms with Crippen molar-refractivity contribution in [2.24, 2.45) is 5.92 Å². The lowest BCUT2D eigenvalue weighted by molar-refractivity contribution is 0.00869. The van der Waals surface area contributed by atoms with Crippen molar-refractivity contribution < 1.29 is 4.74 Å². The number of nitrogens with one attached hydrogen (secondary N) is 1. The lowest BCUT2D eigenvalue weighted by Gasteiger charge is -2.35. The summed E-state index contributed by atoms with van der Waals surface area (Å²) in [6.07, 6.45) is 9.64. The number of nitrogen functional groups attached to an aromatic ring is 1. The molecular weight excluding hydrogens is 262 g/mol. The number of methoxy groups -OCH3 is 1. The quantitative estimate of drug-likeness (QED) is 0.811. The summed E-state index contributed by atoms with van der Waals surface area (Å²) < 4.78 is 5.90. The van der Waals surface area contributed by atoms with Gasteiger partial charge in [0.2, 0.25) is 0 Å². The summed E-state index contributed by atoms with van der Waals surface area (Å²) in [6, 6.07) is 4.36. The Balaban J connectivity index is 2.07. The molecule has 0 aliphatic heterocycles. The zero-order valence-corrected chi connectivity index (χ0v) is 13.3. The molecule has 1 fully saturated rings. The third-order valence-electron chi connectivity index (χ3n) is 4.55. The van der Waals surface area contributed by atoms with Crippen LogP contribution in [0.2, 0.25) is 0 Å². The predicted molar refractivity (Wildman–Crippen MR) is 87.2 cm³/mol. The van der Waals surface area contributed by atoms with Gasteiger partial charge in [-0.15, -0.1) is 0 Å². The summed E-state index contributed by atoms with van der Waals surface area (Å²) in [5.41, 5.74) is 7.02. The van der Waals surface area contributed by atoms with Crippen molar-refractivity contribution in [2.45, 2.75) is 57.6 Å². The summed E-state index contributed by atoms with van der Waals surface area (Å²) in [5, 5.41) is 3.61. The highest BCUT2D eigenvalue weighted by Crippen LogP contribution is 2.30. The molecule has 2 rings (SSSR count). The standard InChI is InChI=1S/C17H29N3O/c1-3-19-15(11-13-9-10-20-16(18)12-13)17(21-2)14-7-5-4-6-8-14/h9-10,12,14-15,17,19H,3-8,11H2,1-2H3,(H2,18,20). The molecule has 0 amide bonds. The Kier molecular flexibility index (Phi) is 6.46. The van der Waals surface area contributed by atoms with Crippen LogP contribution in [0.5, 0.6) is 0 Å². The fourth-order valence-electron chi connectivity index (χ4n) is 3.59. The third-order valence-corrected chi connectivity index (χ3v) is 4.55. The van der Waals surface area contributed by atoms with E-state index in [0.29, 0.717) is 17.8 Å². The Morgan fingerprint density at radius 3 is 2.76 bits per heavy atom. The van der Waals surface area contributed by atoms with E-state index in [1.165, 1.54) is 37.7 Å². The van der Waals surface area contributed by atoms with Crippen molar-refractivity contribution in [2.75, 3.05) is 19.4 Å². The topological polar surface area (TPSA) is 60.2 Å². The highest BCUT2D eigenvalue weighted by Gasteiger charge is 2.30. The first-order valence-electron chi connectivity index (χ1n) is 8.21. The molecule has 3 N–H and O–H groups in total. The largest absolute Gasteiger partial charge is 0.384 e. The Hall–Kier alpha value is -1.13. The van der Waals surface area contributed by atoms with Crippen LogP contribution in [0.4, 0.5) is 5.82 Å². The van der Waals surface area contributed by atoms with E-state index in [1.54, 1.807) is 6.20 Å². The van der Waals surface area contributed by atoms with Crippen LogP contribution in [-0.4, -0.2) is 30.8 Å². The predicted octanol–water partition coefficient (Wildman–Crippen LogP) is 2.78. The van der Waals surface area contributed by atoms with E-state index in [9.17, 15) is 0 Å². The number of nitrogens with two attached hydrogens (primary N) is 1. The molecule has 1 aromatic rings. The maximum atomic E-state index is 5.90. The molecule has 1 saturated carbocycles. The molecule has 1 heterocycles. The molecule has 1 aliphatic carbocycles. The average Bonchev–Trinajstić information content (AvgIpc) is 2.49. The Morgan fingerprint density at radius 2 is 2.14 bits per heavy atom. The van der Waals surface area contributed by atoms with Crippen LogP contribution in [-0.2, 0) is 11.2 Å². The van der Waals surface area contributed by atoms with Gasteiger partial charge in [-0.25, -0.2) is 4.98 Å². The molecule has 4 heteroatoms. The van der Waals surface area contributed by atoms with Gasteiger partial charge in [0.15, 0.2) is 0 Å². The van der Waals surface area contributed by atoms with Gasteiger partial charge in [0, 0.05) is 19.3 Å². The van der Waals surface area contributed by atoms with Crippen molar-refractivity contribution in [3.8, 4) is 0 Å². The number of pyridine rings is 1. The summed E-state index contributed by atoms with van der Waals surface area (Å²) in [6.45, 7) is 3.11. The first kappa shape index (κ1) is 16.2. The maximum Gasteiger partial charge on any atom is 0.123 e. The molecule has 0 aromatic carbocycles. The van der Waals surface area contributed by atoms with Crippen molar-refractivity contribution in [3.05, 3.63) is 23.9 Å². The molecule has 4 nitrogen and oxygen atoms in total. The number of nitrogens with zero attached hydrogens (tertiary/aromatic N) is 1. The first-order chi connectivity index (χ1) is 10.2. The van der Waals surface area contributed by atoms with Gasteiger partial charge in [0.25, 0.3) is 0 Å². The number of likely N-dealkylation sites (N-methyl/N-ethyl adjacent to an activating group) is 1. The highest BCUT2D eigenvalue weighted by molar-refractivity contribution is 5.32. The van der Waals surface area contributed by atoms with Gasteiger partial charge in [-0.1, -0.05) is 26.2 Å². The van der Waals surface area contributed by atoms with Gasteiger partial charge in [-0.3, -0.25) is 0 Å². The second-order valence-corrected chi connectivity index (χ2v) is 6.06. The molecule has 1 aromatic heterocycles. The van der Waals surface area contributed by atoms with Crippen LogP contribution in [0.3, 0.4) is 0 Å². The number of rotatable bonds is 7. The van der Waals surface area contributed by atoms with Crippen LogP contribution >= 0.6 is 0 Å². The highest BCUT2D eigenvalue weighted by atomic mass is 16.5. The second kappa shape index (κ2) is 8.35. The van der Waals surface area contributed by atoms with Crippen LogP contribution in [0.1, 0.15) is 44.6 Å². The third kappa shape index (κ3) is 4.68. The fourth-order valence-corrected chi connectivity index (χ4v) is 3.59. The molecule has 118 valence electrons. The summed E-state index contributed by atoms with van der Waals surface area (Å²) in [4.78, 5) is 4.07. The van der Waals surface area contributed by atoms with E-state index in [0.717, 1.165) is 13.0 Å². The molecule has 2 atom stereocenters. The lowest BCUT2D eigenvalue weighted by atomic mass is 9.81. The Morgan fingerprint density at radius 1 is 1.38 bits per heavy atom. The van der Waals surface area contributed by atoms with Crippen LogP contribution in [0, 0.1) is 5.92 Å². The summed E-state index contributed by atoms with van der Waals surface area (Å²) >= 11 is 0. The van der Waals surface area contributed by atoms with Crippen molar-refractivity contribution in [1.29, 1.82) is 0 Å². The minimum Gasteiger partial charge on any atom is -0.384 e. The number of ether oxygens (including phenoxy) is 1. The van der Waals surface area contributed by atoms with Crippen LogP contribution in [0.15, 0.2) is 18.3 Å². The Labute approximate surface area is 128 Å². The minimum atomic E-state index is 0.277. The molecule has 0 spiro atoms. The van der Waals surface area contributed by atoms with Gasteiger partial charge in [0.1, 0.15) is 5.82 Å². The van der Waals surface area contributed by atoms with Gasteiger partial charge < -0.3 is 15.8 Å². The van der Waals surface area contributed by atoms with E-state index in [2.05, 4.69) is 17.2 Å². The molecule has 0 bridgehead atoms. The minimum absolute atomic E-state index is 0.277. The molecule has 21 heavy (non-hydrogen) atoms. The zero-order valence-electron chi connectivity index (χ0n) is 13.3. The molecule has 1 aliphatic rings. The number of hydrogen-bond acceptors (Lipinski definition) is 4. The van der Waals surface area contributed by atoms with E-state index in [4.69, 9.17) is 10.5 Å². The molecule has 0 saturated heterocycles. The van der Waals surface area contributed by atoms with Gasteiger partial charge in [-0.2, -0.15) is 0 Å². The summed E-state index contributed by atoms with van der Waals surface area (Å²) in [5.74, 6) is 1.27.